The summed E-state index contributed by atoms with van der Waals surface area (Å²) in [4.78, 5) is 11.7. The number of benzene rings is 2. The van der Waals surface area contributed by atoms with Gasteiger partial charge in [0.1, 0.15) is 0 Å². The predicted molar refractivity (Wildman–Crippen MR) is 108 cm³/mol. The van der Waals surface area contributed by atoms with Gasteiger partial charge in [-0.1, -0.05) is 32.0 Å². The van der Waals surface area contributed by atoms with Crippen LogP contribution in [0.5, 0.6) is 0 Å². The number of carbonyl (C=O) groups is 1. The van der Waals surface area contributed by atoms with Crippen molar-refractivity contribution in [3.63, 3.8) is 0 Å². The molecule has 0 fully saturated rings. The highest BCUT2D eigenvalue weighted by Crippen LogP contribution is 2.33. The van der Waals surface area contributed by atoms with Gasteiger partial charge in [-0.25, -0.2) is 9.48 Å². The largest absolute Gasteiger partial charge is 0.465 e. The Kier molecular flexibility index (Phi) is 5.75. The molecule has 0 radical (unpaired) electrons. The molecule has 0 bridgehead atoms. The van der Waals surface area contributed by atoms with E-state index in [-0.39, 0.29) is 5.97 Å². The molecule has 0 atom stereocenters. The topological polar surface area (TPSA) is 44.1 Å². The molecular weight excluding hydrogens is 336 g/mol. The van der Waals surface area contributed by atoms with E-state index in [2.05, 4.69) is 37.1 Å². The molecule has 3 rings (SSSR count). The summed E-state index contributed by atoms with van der Waals surface area (Å²) < 4.78 is 6.74. The minimum absolute atomic E-state index is 0.316. The lowest BCUT2D eigenvalue weighted by molar-refractivity contribution is 0.0601. The third-order valence-corrected chi connectivity index (χ3v) is 5.06. The Morgan fingerprint density at radius 3 is 2.26 bits per heavy atom. The molecule has 2 aromatic carbocycles. The SMILES string of the molecule is CCC(CC)c1cc(-c2ccc(C(=O)OC)cc2)ccc1-n1ccc(C)n1. The van der Waals surface area contributed by atoms with Crippen LogP contribution in [0.1, 0.15) is 54.2 Å². The smallest absolute Gasteiger partial charge is 0.337 e. The zero-order valence-corrected chi connectivity index (χ0v) is 16.4. The fraction of sp³-hybridized carbons (Fsp3) is 0.304. The van der Waals surface area contributed by atoms with Crippen molar-refractivity contribution in [2.45, 2.75) is 39.5 Å². The zero-order chi connectivity index (χ0) is 19.4. The number of esters is 1. The van der Waals surface area contributed by atoms with Crippen LogP contribution in [-0.2, 0) is 4.74 Å². The Bertz CT molecular complexity index is 922. The quantitative estimate of drug-likeness (QED) is 0.541. The molecule has 0 unspecified atom stereocenters. The van der Waals surface area contributed by atoms with E-state index in [1.54, 1.807) is 0 Å². The van der Waals surface area contributed by atoms with E-state index in [1.165, 1.54) is 12.7 Å². The Balaban J connectivity index is 2.05. The van der Waals surface area contributed by atoms with Gasteiger partial charge in [-0.05, 0) is 72.7 Å². The molecule has 1 aromatic heterocycles. The van der Waals surface area contributed by atoms with Crippen LogP contribution in [0.3, 0.4) is 0 Å². The highest BCUT2D eigenvalue weighted by Gasteiger charge is 2.16. The number of nitrogens with zero attached hydrogens (tertiary/aromatic N) is 2. The first-order valence-corrected chi connectivity index (χ1v) is 9.42. The number of methoxy groups -OCH3 is 1. The monoisotopic (exact) mass is 362 g/mol. The molecule has 0 aliphatic carbocycles. The molecule has 0 N–H and O–H groups in total. The molecule has 0 aliphatic rings. The number of hydrogen-bond donors (Lipinski definition) is 0. The second-order valence-electron chi connectivity index (χ2n) is 6.76. The van der Waals surface area contributed by atoms with Gasteiger partial charge in [0.2, 0.25) is 0 Å². The number of hydrogen-bond acceptors (Lipinski definition) is 3. The molecule has 3 aromatic rings. The van der Waals surface area contributed by atoms with E-state index in [0.717, 1.165) is 35.3 Å². The Hall–Kier alpha value is -2.88. The minimum atomic E-state index is -0.316. The zero-order valence-electron chi connectivity index (χ0n) is 16.4. The highest BCUT2D eigenvalue weighted by molar-refractivity contribution is 5.90. The fourth-order valence-electron chi connectivity index (χ4n) is 3.46. The van der Waals surface area contributed by atoms with Gasteiger partial charge in [0, 0.05) is 6.20 Å². The molecule has 140 valence electrons. The van der Waals surface area contributed by atoms with Gasteiger partial charge < -0.3 is 4.74 Å². The summed E-state index contributed by atoms with van der Waals surface area (Å²) in [5, 5.41) is 4.60. The van der Waals surface area contributed by atoms with Crippen LogP contribution in [0.25, 0.3) is 16.8 Å². The van der Waals surface area contributed by atoms with E-state index in [0.29, 0.717) is 11.5 Å². The van der Waals surface area contributed by atoms with Crippen LogP contribution < -0.4 is 0 Å². The molecule has 0 amide bonds. The third kappa shape index (κ3) is 3.95. The van der Waals surface area contributed by atoms with Gasteiger partial charge in [-0.3, -0.25) is 0 Å². The molecule has 27 heavy (non-hydrogen) atoms. The average Bonchev–Trinajstić information content (AvgIpc) is 3.14. The number of carbonyl (C=O) groups excluding carboxylic acids is 1. The normalized spacial score (nSPS) is 11.0. The van der Waals surface area contributed by atoms with Crippen LogP contribution in [0.4, 0.5) is 0 Å². The van der Waals surface area contributed by atoms with E-state index in [1.807, 2.05) is 48.1 Å². The van der Waals surface area contributed by atoms with E-state index in [9.17, 15) is 4.79 Å². The predicted octanol–water partition coefficient (Wildman–Crippen LogP) is 5.54. The molecule has 1 heterocycles. The number of aryl methyl sites for hydroxylation is 1. The van der Waals surface area contributed by atoms with Crippen LogP contribution in [-0.4, -0.2) is 22.9 Å². The van der Waals surface area contributed by atoms with Crippen molar-refractivity contribution in [1.29, 1.82) is 0 Å². The number of aromatic nitrogens is 2. The van der Waals surface area contributed by atoms with Gasteiger partial charge >= 0.3 is 5.97 Å². The molecule has 0 spiro atoms. The summed E-state index contributed by atoms with van der Waals surface area (Å²) in [5.41, 5.74) is 6.22. The highest BCUT2D eigenvalue weighted by atomic mass is 16.5. The first-order chi connectivity index (χ1) is 13.1. The maximum atomic E-state index is 11.7. The van der Waals surface area contributed by atoms with Gasteiger partial charge in [-0.15, -0.1) is 0 Å². The van der Waals surface area contributed by atoms with Crippen molar-refractivity contribution in [2.75, 3.05) is 7.11 Å². The molecule has 4 nitrogen and oxygen atoms in total. The lowest BCUT2D eigenvalue weighted by Crippen LogP contribution is -2.05. The maximum Gasteiger partial charge on any atom is 0.337 e. The van der Waals surface area contributed by atoms with Crippen molar-refractivity contribution in [2.24, 2.45) is 0 Å². The van der Waals surface area contributed by atoms with Gasteiger partial charge in [0.15, 0.2) is 0 Å². The molecule has 0 aliphatic heterocycles. The van der Waals surface area contributed by atoms with Crippen LogP contribution in [0.15, 0.2) is 54.7 Å². The van der Waals surface area contributed by atoms with E-state index >= 15 is 0 Å². The van der Waals surface area contributed by atoms with Gasteiger partial charge in [0.05, 0.1) is 24.1 Å². The minimum Gasteiger partial charge on any atom is -0.465 e. The Morgan fingerprint density at radius 2 is 1.70 bits per heavy atom. The van der Waals surface area contributed by atoms with Crippen LogP contribution >= 0.6 is 0 Å². The molecule has 0 saturated heterocycles. The third-order valence-electron chi connectivity index (χ3n) is 5.06. The van der Waals surface area contributed by atoms with Crippen molar-refractivity contribution < 1.29 is 9.53 Å². The second kappa shape index (κ2) is 8.21. The number of rotatable bonds is 6. The van der Waals surface area contributed by atoms with E-state index in [4.69, 9.17) is 4.74 Å². The van der Waals surface area contributed by atoms with Crippen LogP contribution in [0, 0.1) is 6.92 Å². The standard InChI is InChI=1S/C23H26N2O2/c1-5-17(6-2)21-15-20(11-12-22(21)25-14-13-16(3)24-25)18-7-9-19(10-8-18)23(26)27-4/h7-15,17H,5-6H2,1-4H3. The van der Waals surface area contributed by atoms with Gasteiger partial charge in [0.25, 0.3) is 0 Å². The average molecular weight is 362 g/mol. The number of ether oxygens (including phenoxy) is 1. The molecular formula is C23H26N2O2. The van der Waals surface area contributed by atoms with Gasteiger partial charge in [-0.2, -0.15) is 5.10 Å². The lowest BCUT2D eigenvalue weighted by atomic mass is 9.89. The summed E-state index contributed by atoms with van der Waals surface area (Å²) in [6.45, 7) is 6.46. The fourth-order valence-corrected chi connectivity index (χ4v) is 3.46. The maximum absolute atomic E-state index is 11.7. The molecule has 0 saturated carbocycles. The van der Waals surface area contributed by atoms with Crippen molar-refractivity contribution >= 4 is 5.97 Å². The Morgan fingerprint density at radius 1 is 1.04 bits per heavy atom. The summed E-state index contributed by atoms with van der Waals surface area (Å²) in [6, 6.07) is 16.1. The lowest BCUT2D eigenvalue weighted by Gasteiger charge is -2.19. The first-order valence-electron chi connectivity index (χ1n) is 9.42. The van der Waals surface area contributed by atoms with Crippen molar-refractivity contribution in [3.8, 4) is 16.8 Å². The second-order valence-corrected chi connectivity index (χ2v) is 6.76. The van der Waals surface area contributed by atoms with Crippen LogP contribution in [0.2, 0.25) is 0 Å². The molecule has 4 heteroatoms. The van der Waals surface area contributed by atoms with Crippen molar-refractivity contribution in [1.82, 2.24) is 9.78 Å². The summed E-state index contributed by atoms with van der Waals surface area (Å²) in [7, 11) is 1.40. The summed E-state index contributed by atoms with van der Waals surface area (Å²) in [6.07, 6.45) is 4.17. The Labute approximate surface area is 160 Å². The van der Waals surface area contributed by atoms with E-state index < -0.39 is 0 Å². The first kappa shape index (κ1) is 18.9. The summed E-state index contributed by atoms with van der Waals surface area (Å²) in [5.74, 6) is 0.155. The summed E-state index contributed by atoms with van der Waals surface area (Å²) >= 11 is 0. The van der Waals surface area contributed by atoms with Crippen molar-refractivity contribution in [3.05, 3.63) is 71.5 Å².